The average molecular weight is 325 g/mol. The van der Waals surface area contributed by atoms with Gasteiger partial charge in [0.15, 0.2) is 0 Å². The molecule has 0 fully saturated rings. The smallest absolute Gasteiger partial charge is 0.329 e. The molecule has 0 aliphatic carbocycles. The fraction of sp³-hybridized carbons (Fsp3) is 0.167. The van der Waals surface area contributed by atoms with Crippen molar-refractivity contribution >= 4 is 18.0 Å². The Labute approximate surface area is 140 Å². The molecule has 1 atom stereocenters. The van der Waals surface area contributed by atoms with Crippen LogP contribution < -0.4 is 15.5 Å². The highest BCUT2D eigenvalue weighted by Gasteiger charge is 2.16. The Kier molecular flexibility index (Phi) is 6.08. The van der Waals surface area contributed by atoms with Crippen LogP contribution in [0.3, 0.4) is 0 Å². The molecule has 2 amide bonds. The van der Waals surface area contributed by atoms with Gasteiger partial charge in [-0.3, -0.25) is 9.59 Å². The molecular weight excluding hydrogens is 306 g/mol. The maximum atomic E-state index is 11.8. The monoisotopic (exact) mass is 325 g/mol. The largest absolute Gasteiger partial charge is 0.497 e. The van der Waals surface area contributed by atoms with Crippen LogP contribution in [0.15, 0.2) is 59.7 Å². The number of benzene rings is 2. The molecule has 0 aliphatic heterocycles. The lowest BCUT2D eigenvalue weighted by Gasteiger charge is -2.13. The van der Waals surface area contributed by atoms with Crippen molar-refractivity contribution < 1.29 is 14.3 Å². The molecule has 6 nitrogen and oxygen atoms in total. The van der Waals surface area contributed by atoms with Crippen molar-refractivity contribution in [3.05, 3.63) is 65.7 Å². The number of hydrogen-bond acceptors (Lipinski definition) is 4. The Bertz CT molecular complexity index is 712. The SMILES string of the molecule is COc1ccc(/C=N\NC(=O)C(=O)NC(C)c2ccccc2)cc1. The number of methoxy groups -OCH3 is 1. The second-order valence-corrected chi connectivity index (χ2v) is 5.08. The maximum absolute atomic E-state index is 11.8. The van der Waals surface area contributed by atoms with Gasteiger partial charge in [-0.1, -0.05) is 30.3 Å². The first kappa shape index (κ1) is 17.2. The number of rotatable bonds is 5. The zero-order chi connectivity index (χ0) is 17.4. The van der Waals surface area contributed by atoms with Crippen molar-refractivity contribution in [2.24, 2.45) is 5.10 Å². The predicted octanol–water partition coefficient (Wildman–Crippen LogP) is 2.02. The quantitative estimate of drug-likeness (QED) is 0.501. The molecule has 2 aromatic rings. The van der Waals surface area contributed by atoms with E-state index >= 15 is 0 Å². The molecule has 0 radical (unpaired) electrons. The minimum atomic E-state index is -0.817. The second kappa shape index (κ2) is 8.47. The lowest BCUT2D eigenvalue weighted by molar-refractivity contribution is -0.139. The highest BCUT2D eigenvalue weighted by atomic mass is 16.5. The van der Waals surface area contributed by atoms with Gasteiger partial charge in [0.25, 0.3) is 0 Å². The molecule has 0 spiro atoms. The summed E-state index contributed by atoms with van der Waals surface area (Å²) < 4.78 is 5.05. The van der Waals surface area contributed by atoms with Crippen LogP contribution in [-0.4, -0.2) is 25.1 Å². The Morgan fingerprint density at radius 3 is 2.33 bits per heavy atom. The molecule has 1 unspecified atom stereocenters. The van der Waals surface area contributed by atoms with E-state index in [4.69, 9.17) is 4.74 Å². The third-order valence-electron chi connectivity index (χ3n) is 3.35. The topological polar surface area (TPSA) is 79.8 Å². The van der Waals surface area contributed by atoms with E-state index in [1.54, 1.807) is 38.3 Å². The maximum Gasteiger partial charge on any atom is 0.329 e. The van der Waals surface area contributed by atoms with Crippen molar-refractivity contribution in [1.29, 1.82) is 0 Å². The minimum Gasteiger partial charge on any atom is -0.497 e. The van der Waals surface area contributed by atoms with E-state index in [0.29, 0.717) is 0 Å². The lowest BCUT2D eigenvalue weighted by atomic mass is 10.1. The fourth-order valence-corrected chi connectivity index (χ4v) is 1.99. The normalized spacial score (nSPS) is 11.8. The van der Waals surface area contributed by atoms with Gasteiger partial charge in [-0.2, -0.15) is 5.10 Å². The average Bonchev–Trinajstić information content (AvgIpc) is 2.62. The summed E-state index contributed by atoms with van der Waals surface area (Å²) in [6, 6.07) is 16.2. The van der Waals surface area contributed by atoms with Gasteiger partial charge in [0.1, 0.15) is 5.75 Å². The van der Waals surface area contributed by atoms with Gasteiger partial charge in [0.2, 0.25) is 0 Å². The summed E-state index contributed by atoms with van der Waals surface area (Å²) in [5.41, 5.74) is 3.89. The molecule has 0 aromatic heterocycles. The zero-order valence-corrected chi connectivity index (χ0v) is 13.5. The van der Waals surface area contributed by atoms with Crippen LogP contribution >= 0.6 is 0 Å². The van der Waals surface area contributed by atoms with E-state index in [-0.39, 0.29) is 6.04 Å². The zero-order valence-electron chi connectivity index (χ0n) is 13.5. The Hall–Kier alpha value is -3.15. The summed E-state index contributed by atoms with van der Waals surface area (Å²) in [4.78, 5) is 23.6. The Morgan fingerprint density at radius 2 is 1.71 bits per heavy atom. The molecule has 6 heteroatoms. The summed E-state index contributed by atoms with van der Waals surface area (Å²) in [5.74, 6) is -0.828. The van der Waals surface area contributed by atoms with Crippen molar-refractivity contribution in [3.8, 4) is 5.75 Å². The van der Waals surface area contributed by atoms with E-state index < -0.39 is 11.8 Å². The second-order valence-electron chi connectivity index (χ2n) is 5.08. The van der Waals surface area contributed by atoms with Crippen LogP contribution in [0.25, 0.3) is 0 Å². The number of hydrogen-bond donors (Lipinski definition) is 2. The minimum absolute atomic E-state index is 0.269. The van der Waals surface area contributed by atoms with E-state index in [0.717, 1.165) is 16.9 Å². The number of carbonyl (C=O) groups excluding carboxylic acids is 2. The standard InChI is InChI=1S/C18H19N3O3/c1-13(15-6-4-3-5-7-15)20-17(22)18(23)21-19-12-14-8-10-16(24-2)11-9-14/h3-13H,1-2H3,(H,20,22)(H,21,23)/b19-12-. The number of nitrogens with one attached hydrogen (secondary N) is 2. The summed E-state index contributed by atoms with van der Waals surface area (Å²) in [5, 5.41) is 6.39. The molecule has 0 bridgehead atoms. The first-order valence-corrected chi connectivity index (χ1v) is 7.43. The van der Waals surface area contributed by atoms with E-state index in [2.05, 4.69) is 15.8 Å². The van der Waals surface area contributed by atoms with Crippen molar-refractivity contribution in [2.75, 3.05) is 7.11 Å². The van der Waals surface area contributed by atoms with Crippen LogP contribution in [0.1, 0.15) is 24.1 Å². The molecule has 124 valence electrons. The summed E-state index contributed by atoms with van der Waals surface area (Å²) in [6.07, 6.45) is 1.45. The Morgan fingerprint density at radius 1 is 1.04 bits per heavy atom. The van der Waals surface area contributed by atoms with Crippen molar-refractivity contribution in [3.63, 3.8) is 0 Å². The third-order valence-corrected chi connectivity index (χ3v) is 3.35. The molecule has 2 N–H and O–H groups in total. The van der Waals surface area contributed by atoms with E-state index in [9.17, 15) is 9.59 Å². The van der Waals surface area contributed by atoms with E-state index in [1.807, 2.05) is 30.3 Å². The third kappa shape index (κ3) is 4.95. The fourth-order valence-electron chi connectivity index (χ4n) is 1.99. The summed E-state index contributed by atoms with van der Waals surface area (Å²) in [7, 11) is 1.58. The van der Waals surface area contributed by atoms with Crippen LogP contribution in [0.5, 0.6) is 5.75 Å². The highest BCUT2D eigenvalue weighted by molar-refractivity contribution is 6.35. The molecule has 0 aliphatic rings. The highest BCUT2D eigenvalue weighted by Crippen LogP contribution is 2.11. The van der Waals surface area contributed by atoms with Gasteiger partial charge in [-0.25, -0.2) is 5.43 Å². The molecular formula is C18H19N3O3. The number of hydrazone groups is 1. The van der Waals surface area contributed by atoms with Gasteiger partial charge >= 0.3 is 11.8 Å². The van der Waals surface area contributed by atoms with Crippen molar-refractivity contribution in [2.45, 2.75) is 13.0 Å². The van der Waals surface area contributed by atoms with Crippen molar-refractivity contribution in [1.82, 2.24) is 10.7 Å². The van der Waals surface area contributed by atoms with Crippen LogP contribution in [-0.2, 0) is 9.59 Å². The van der Waals surface area contributed by atoms with Gasteiger partial charge in [0, 0.05) is 0 Å². The first-order valence-electron chi connectivity index (χ1n) is 7.43. The Balaban J connectivity index is 1.84. The molecule has 2 aromatic carbocycles. The number of ether oxygens (including phenoxy) is 1. The van der Waals surface area contributed by atoms with Crippen LogP contribution in [0, 0.1) is 0 Å². The lowest BCUT2D eigenvalue weighted by Crippen LogP contribution is -2.39. The number of carbonyl (C=O) groups is 2. The number of amides is 2. The summed E-state index contributed by atoms with van der Waals surface area (Å²) in [6.45, 7) is 1.81. The molecule has 0 saturated carbocycles. The van der Waals surface area contributed by atoms with Gasteiger partial charge < -0.3 is 10.1 Å². The van der Waals surface area contributed by atoms with Gasteiger partial charge in [-0.05, 0) is 42.3 Å². The molecule has 0 saturated heterocycles. The van der Waals surface area contributed by atoms with Gasteiger partial charge in [-0.15, -0.1) is 0 Å². The van der Waals surface area contributed by atoms with E-state index in [1.165, 1.54) is 6.21 Å². The predicted molar refractivity (Wildman–Crippen MR) is 91.7 cm³/mol. The summed E-state index contributed by atoms with van der Waals surface area (Å²) >= 11 is 0. The van der Waals surface area contributed by atoms with Crippen LogP contribution in [0.4, 0.5) is 0 Å². The molecule has 24 heavy (non-hydrogen) atoms. The first-order chi connectivity index (χ1) is 11.6. The van der Waals surface area contributed by atoms with Gasteiger partial charge in [0.05, 0.1) is 19.4 Å². The molecule has 2 rings (SSSR count). The van der Waals surface area contributed by atoms with Crippen LogP contribution in [0.2, 0.25) is 0 Å². The molecule has 0 heterocycles. The number of nitrogens with zero attached hydrogens (tertiary/aromatic N) is 1.